The van der Waals surface area contributed by atoms with Crippen molar-refractivity contribution in [3.63, 3.8) is 0 Å². The highest BCUT2D eigenvalue weighted by Crippen LogP contribution is 2.33. The first-order valence-electron chi connectivity index (χ1n) is 4.65. The number of hydrogen-bond acceptors (Lipinski definition) is 4. The van der Waals surface area contributed by atoms with Gasteiger partial charge < -0.3 is 20.5 Å². The average Bonchev–Trinajstić information content (AvgIpc) is 2.16. The Bertz CT molecular complexity index is 339. The van der Waals surface area contributed by atoms with Crippen LogP contribution in [0, 0.1) is 0 Å². The number of nitrogens with zero attached hydrogens (tertiary/aromatic N) is 1. The van der Waals surface area contributed by atoms with Crippen LogP contribution >= 0.6 is 0 Å². The van der Waals surface area contributed by atoms with Gasteiger partial charge >= 0.3 is 0 Å². The molecule has 3 N–H and O–H groups in total. The molecule has 1 atom stereocenters. The Morgan fingerprint density at radius 2 is 2.36 bits per heavy atom. The van der Waals surface area contributed by atoms with E-state index in [0.29, 0.717) is 18.8 Å². The number of rotatable bonds is 1. The Morgan fingerprint density at radius 1 is 1.57 bits per heavy atom. The van der Waals surface area contributed by atoms with Crippen LogP contribution in [-0.2, 0) is 0 Å². The van der Waals surface area contributed by atoms with E-state index in [1.807, 2.05) is 17.0 Å². The van der Waals surface area contributed by atoms with Gasteiger partial charge in [0, 0.05) is 5.69 Å². The van der Waals surface area contributed by atoms with Gasteiger partial charge in [-0.2, -0.15) is 0 Å². The predicted octanol–water partition coefficient (Wildman–Crippen LogP) is 0.806. The molecule has 4 heteroatoms. The van der Waals surface area contributed by atoms with Crippen molar-refractivity contribution in [2.24, 2.45) is 0 Å². The summed E-state index contributed by atoms with van der Waals surface area (Å²) >= 11 is 0. The van der Waals surface area contributed by atoms with Crippen LogP contribution in [0.2, 0.25) is 0 Å². The number of ether oxygens (including phenoxy) is 1. The topological polar surface area (TPSA) is 58.7 Å². The molecule has 0 fully saturated rings. The summed E-state index contributed by atoms with van der Waals surface area (Å²) in [6.07, 6.45) is -0.514. The molecule has 4 nitrogen and oxygen atoms in total. The molecule has 1 heterocycles. The van der Waals surface area contributed by atoms with E-state index in [1.165, 1.54) is 0 Å². The minimum atomic E-state index is -0.514. The number of fused-ring (bicyclic) bond motifs is 1. The summed E-state index contributed by atoms with van der Waals surface area (Å²) in [5, 5.41) is 9.54. The molecule has 1 aliphatic rings. The third-order valence-corrected chi connectivity index (χ3v) is 2.33. The van der Waals surface area contributed by atoms with E-state index in [1.54, 1.807) is 13.0 Å². The molecule has 0 radical (unpaired) electrons. The van der Waals surface area contributed by atoms with E-state index < -0.39 is 6.23 Å². The molecule has 2 rings (SSSR count). The van der Waals surface area contributed by atoms with Crippen molar-refractivity contribution in [1.29, 1.82) is 0 Å². The fraction of sp³-hybridized carbons (Fsp3) is 0.400. The molecule has 1 aromatic carbocycles. The molecule has 1 aromatic rings. The smallest absolute Gasteiger partial charge is 0.142 e. The molecule has 0 amide bonds. The Kier molecular flexibility index (Phi) is 2.21. The van der Waals surface area contributed by atoms with E-state index in [0.717, 1.165) is 11.4 Å². The van der Waals surface area contributed by atoms with Crippen LogP contribution in [0.25, 0.3) is 0 Å². The second-order valence-electron chi connectivity index (χ2n) is 3.40. The standard InChI is InChI=1S/C10H14N2O2/c1-7(13)12-4-5-14-10-3-2-8(11)6-9(10)12/h2-3,6-7,13H,4-5,11H2,1H3. The number of aliphatic hydroxyl groups is 1. The van der Waals surface area contributed by atoms with Gasteiger partial charge in [-0.1, -0.05) is 0 Å². The van der Waals surface area contributed by atoms with Crippen LogP contribution in [0.1, 0.15) is 6.92 Å². The molecule has 0 bridgehead atoms. The molecule has 76 valence electrons. The molecular weight excluding hydrogens is 180 g/mol. The van der Waals surface area contributed by atoms with Gasteiger partial charge in [-0.15, -0.1) is 0 Å². The summed E-state index contributed by atoms with van der Waals surface area (Å²) in [4.78, 5) is 1.87. The maximum absolute atomic E-state index is 9.54. The Labute approximate surface area is 82.9 Å². The van der Waals surface area contributed by atoms with Crippen molar-refractivity contribution >= 4 is 11.4 Å². The summed E-state index contributed by atoms with van der Waals surface area (Å²) < 4.78 is 5.45. The van der Waals surface area contributed by atoms with Crippen molar-refractivity contribution in [2.45, 2.75) is 13.2 Å². The normalized spacial score (nSPS) is 17.1. The molecule has 0 saturated heterocycles. The molecule has 14 heavy (non-hydrogen) atoms. The number of hydrogen-bond donors (Lipinski definition) is 2. The molecule has 0 saturated carbocycles. The van der Waals surface area contributed by atoms with Crippen molar-refractivity contribution in [3.8, 4) is 5.75 Å². The summed E-state index contributed by atoms with van der Waals surface area (Å²) in [6, 6.07) is 5.45. The van der Waals surface area contributed by atoms with E-state index in [4.69, 9.17) is 10.5 Å². The number of benzene rings is 1. The van der Waals surface area contributed by atoms with Gasteiger partial charge in [-0.05, 0) is 25.1 Å². The lowest BCUT2D eigenvalue weighted by molar-refractivity contribution is 0.171. The summed E-state index contributed by atoms with van der Waals surface area (Å²) in [6.45, 7) is 3.02. The van der Waals surface area contributed by atoms with Gasteiger partial charge in [-0.25, -0.2) is 0 Å². The van der Waals surface area contributed by atoms with Crippen molar-refractivity contribution in [3.05, 3.63) is 18.2 Å². The number of nitrogens with two attached hydrogens (primary N) is 1. The van der Waals surface area contributed by atoms with Crippen molar-refractivity contribution in [2.75, 3.05) is 23.8 Å². The maximum atomic E-state index is 9.54. The second kappa shape index (κ2) is 3.38. The van der Waals surface area contributed by atoms with Crippen LogP contribution < -0.4 is 15.4 Å². The fourth-order valence-electron chi connectivity index (χ4n) is 1.64. The molecule has 0 aromatic heterocycles. The zero-order valence-electron chi connectivity index (χ0n) is 8.10. The third-order valence-electron chi connectivity index (χ3n) is 2.33. The molecule has 0 spiro atoms. The van der Waals surface area contributed by atoms with E-state index in [2.05, 4.69) is 0 Å². The van der Waals surface area contributed by atoms with Crippen LogP contribution in [0.15, 0.2) is 18.2 Å². The van der Waals surface area contributed by atoms with Crippen LogP contribution in [0.3, 0.4) is 0 Å². The zero-order chi connectivity index (χ0) is 10.1. The second-order valence-corrected chi connectivity index (χ2v) is 3.40. The van der Waals surface area contributed by atoms with Crippen LogP contribution in [0.4, 0.5) is 11.4 Å². The number of nitrogen functional groups attached to an aromatic ring is 1. The lowest BCUT2D eigenvalue weighted by atomic mass is 10.2. The van der Waals surface area contributed by atoms with E-state index >= 15 is 0 Å². The largest absolute Gasteiger partial charge is 0.490 e. The Balaban J connectivity index is 2.41. The fourth-order valence-corrected chi connectivity index (χ4v) is 1.64. The van der Waals surface area contributed by atoms with Gasteiger partial charge in [0.2, 0.25) is 0 Å². The molecule has 0 aliphatic carbocycles. The maximum Gasteiger partial charge on any atom is 0.142 e. The average molecular weight is 194 g/mol. The van der Waals surface area contributed by atoms with Gasteiger partial charge in [-0.3, -0.25) is 0 Å². The van der Waals surface area contributed by atoms with E-state index in [-0.39, 0.29) is 0 Å². The Hall–Kier alpha value is -1.42. The number of aliphatic hydroxyl groups excluding tert-OH is 1. The first kappa shape index (κ1) is 9.15. The molecule has 1 aliphatic heterocycles. The van der Waals surface area contributed by atoms with Crippen molar-refractivity contribution < 1.29 is 9.84 Å². The molecule has 1 unspecified atom stereocenters. The Morgan fingerprint density at radius 3 is 3.07 bits per heavy atom. The van der Waals surface area contributed by atoms with Gasteiger partial charge in [0.05, 0.1) is 12.2 Å². The summed E-state index contributed by atoms with van der Waals surface area (Å²) in [5.74, 6) is 0.784. The summed E-state index contributed by atoms with van der Waals surface area (Å²) in [7, 11) is 0. The van der Waals surface area contributed by atoms with E-state index in [9.17, 15) is 5.11 Å². The minimum Gasteiger partial charge on any atom is -0.490 e. The highest BCUT2D eigenvalue weighted by Gasteiger charge is 2.20. The SMILES string of the molecule is CC(O)N1CCOc2ccc(N)cc21. The lowest BCUT2D eigenvalue weighted by Gasteiger charge is -2.33. The zero-order valence-corrected chi connectivity index (χ0v) is 8.10. The van der Waals surface area contributed by atoms with Crippen LogP contribution in [-0.4, -0.2) is 24.5 Å². The highest BCUT2D eigenvalue weighted by molar-refractivity contribution is 5.66. The minimum absolute atomic E-state index is 0.514. The van der Waals surface area contributed by atoms with Gasteiger partial charge in [0.1, 0.15) is 18.6 Å². The third kappa shape index (κ3) is 1.48. The predicted molar refractivity (Wildman–Crippen MR) is 55.4 cm³/mol. The van der Waals surface area contributed by atoms with Gasteiger partial charge in [0.15, 0.2) is 0 Å². The first-order valence-corrected chi connectivity index (χ1v) is 4.65. The van der Waals surface area contributed by atoms with Gasteiger partial charge in [0.25, 0.3) is 0 Å². The van der Waals surface area contributed by atoms with Crippen molar-refractivity contribution in [1.82, 2.24) is 0 Å². The monoisotopic (exact) mass is 194 g/mol. The summed E-state index contributed by atoms with van der Waals surface area (Å²) in [5.41, 5.74) is 7.23. The number of anilines is 2. The highest BCUT2D eigenvalue weighted by atomic mass is 16.5. The quantitative estimate of drug-likeness (QED) is 0.649. The lowest BCUT2D eigenvalue weighted by Crippen LogP contribution is -2.39. The van der Waals surface area contributed by atoms with Crippen LogP contribution in [0.5, 0.6) is 5.75 Å². The first-order chi connectivity index (χ1) is 6.68. The molecular formula is C10H14N2O2.